The predicted octanol–water partition coefficient (Wildman–Crippen LogP) is 3.85. The Labute approximate surface area is 148 Å². The van der Waals surface area contributed by atoms with Gasteiger partial charge in [-0.05, 0) is 43.5 Å². The summed E-state index contributed by atoms with van der Waals surface area (Å²) in [6.45, 7) is 6.50. The molecule has 0 aliphatic heterocycles. The van der Waals surface area contributed by atoms with Gasteiger partial charge in [0.15, 0.2) is 0 Å². The van der Waals surface area contributed by atoms with Gasteiger partial charge >= 0.3 is 0 Å². The molecule has 3 aromatic rings. The lowest BCUT2D eigenvalue weighted by Gasteiger charge is -2.14. The van der Waals surface area contributed by atoms with Crippen molar-refractivity contribution in [2.75, 3.05) is 0 Å². The quantitative estimate of drug-likeness (QED) is 0.744. The van der Waals surface area contributed by atoms with Gasteiger partial charge in [-0.1, -0.05) is 43.3 Å². The molecule has 130 valence electrons. The van der Waals surface area contributed by atoms with Gasteiger partial charge in [-0.3, -0.25) is 4.79 Å². The number of hydrogen-bond donors (Lipinski definition) is 1. The molecule has 25 heavy (non-hydrogen) atoms. The largest absolute Gasteiger partial charge is 0.352 e. The van der Waals surface area contributed by atoms with Crippen LogP contribution in [0.3, 0.4) is 0 Å². The zero-order valence-corrected chi connectivity index (χ0v) is 15.1. The molecule has 1 aromatic heterocycles. The minimum atomic E-state index is 0.0311. The second kappa shape index (κ2) is 7.51. The van der Waals surface area contributed by atoms with E-state index in [0.717, 1.165) is 29.7 Å². The number of amides is 1. The highest BCUT2D eigenvalue weighted by atomic mass is 16.2. The van der Waals surface area contributed by atoms with Crippen LogP contribution >= 0.6 is 0 Å². The van der Waals surface area contributed by atoms with Crippen LogP contribution in [0.4, 0.5) is 0 Å². The number of aromatic nitrogens is 2. The summed E-state index contributed by atoms with van der Waals surface area (Å²) >= 11 is 0. The van der Waals surface area contributed by atoms with Gasteiger partial charge in [-0.2, -0.15) is 0 Å². The predicted molar refractivity (Wildman–Crippen MR) is 102 cm³/mol. The van der Waals surface area contributed by atoms with Crippen molar-refractivity contribution in [3.8, 4) is 0 Å². The Morgan fingerprint density at radius 3 is 2.64 bits per heavy atom. The highest BCUT2D eigenvalue weighted by Crippen LogP contribution is 2.20. The van der Waals surface area contributed by atoms with E-state index in [0.29, 0.717) is 6.54 Å². The number of rotatable bonds is 6. The van der Waals surface area contributed by atoms with Crippen LogP contribution in [0.1, 0.15) is 37.2 Å². The van der Waals surface area contributed by atoms with Gasteiger partial charge in [0, 0.05) is 12.5 Å². The summed E-state index contributed by atoms with van der Waals surface area (Å²) in [4.78, 5) is 17.2. The standard InChI is InChI=1S/C21H25N3O/c1-4-16(3)22-21(25)14-24-19-12-8-7-11-18(19)23-20(24)13-17-10-6-5-9-15(17)2/h5-12,16H,4,13-14H2,1-3H3,(H,22,25). The van der Waals surface area contributed by atoms with Crippen molar-refractivity contribution < 1.29 is 4.79 Å². The zero-order chi connectivity index (χ0) is 17.8. The van der Waals surface area contributed by atoms with Crippen molar-refractivity contribution >= 4 is 16.9 Å². The molecule has 0 radical (unpaired) electrons. The first-order valence-corrected chi connectivity index (χ1v) is 8.86. The van der Waals surface area contributed by atoms with Crippen LogP contribution in [0.5, 0.6) is 0 Å². The molecule has 0 aliphatic rings. The fourth-order valence-corrected chi connectivity index (χ4v) is 2.98. The molecule has 3 rings (SSSR count). The molecule has 0 spiro atoms. The van der Waals surface area contributed by atoms with Crippen LogP contribution in [-0.2, 0) is 17.8 Å². The molecular weight excluding hydrogens is 310 g/mol. The SMILES string of the molecule is CCC(C)NC(=O)Cn1c(Cc2ccccc2C)nc2ccccc21. The van der Waals surface area contributed by atoms with E-state index in [-0.39, 0.29) is 11.9 Å². The molecule has 2 aromatic carbocycles. The molecule has 1 atom stereocenters. The Bertz CT molecular complexity index is 882. The first-order valence-electron chi connectivity index (χ1n) is 8.86. The summed E-state index contributed by atoms with van der Waals surface area (Å²) in [5.74, 6) is 0.957. The van der Waals surface area contributed by atoms with E-state index in [9.17, 15) is 4.79 Å². The summed E-state index contributed by atoms with van der Waals surface area (Å²) in [6, 6.07) is 16.5. The van der Waals surface area contributed by atoms with Crippen molar-refractivity contribution in [3.05, 3.63) is 65.5 Å². The molecule has 0 saturated heterocycles. The first kappa shape index (κ1) is 17.2. The van der Waals surface area contributed by atoms with Gasteiger partial charge in [0.2, 0.25) is 5.91 Å². The van der Waals surface area contributed by atoms with Crippen molar-refractivity contribution in [1.29, 1.82) is 0 Å². The number of hydrogen-bond acceptors (Lipinski definition) is 2. The van der Waals surface area contributed by atoms with Gasteiger partial charge < -0.3 is 9.88 Å². The fraction of sp³-hybridized carbons (Fsp3) is 0.333. The second-order valence-corrected chi connectivity index (χ2v) is 6.58. The van der Waals surface area contributed by atoms with Crippen molar-refractivity contribution in [2.45, 2.75) is 46.2 Å². The average molecular weight is 335 g/mol. The summed E-state index contributed by atoms with van der Waals surface area (Å²) in [7, 11) is 0. The molecule has 1 unspecified atom stereocenters. The maximum absolute atomic E-state index is 12.4. The van der Waals surface area contributed by atoms with Gasteiger partial charge in [-0.15, -0.1) is 0 Å². The maximum Gasteiger partial charge on any atom is 0.240 e. The number of fused-ring (bicyclic) bond motifs is 1. The first-order chi connectivity index (χ1) is 12.1. The van der Waals surface area contributed by atoms with Crippen LogP contribution in [0.25, 0.3) is 11.0 Å². The van der Waals surface area contributed by atoms with E-state index in [1.807, 2.05) is 47.9 Å². The van der Waals surface area contributed by atoms with Crippen molar-refractivity contribution in [3.63, 3.8) is 0 Å². The molecular formula is C21H25N3O. The number of para-hydroxylation sites is 2. The third-order valence-electron chi connectivity index (χ3n) is 4.66. The van der Waals surface area contributed by atoms with Crippen molar-refractivity contribution in [1.82, 2.24) is 14.9 Å². The third kappa shape index (κ3) is 3.90. The number of nitrogens with one attached hydrogen (secondary N) is 1. The zero-order valence-electron chi connectivity index (χ0n) is 15.1. The van der Waals surface area contributed by atoms with Crippen molar-refractivity contribution in [2.24, 2.45) is 0 Å². The monoisotopic (exact) mass is 335 g/mol. The second-order valence-electron chi connectivity index (χ2n) is 6.58. The number of imidazole rings is 1. The van der Waals surface area contributed by atoms with E-state index in [1.54, 1.807) is 0 Å². The van der Waals surface area contributed by atoms with Crippen LogP contribution in [0.2, 0.25) is 0 Å². The van der Waals surface area contributed by atoms with Crippen LogP contribution in [0, 0.1) is 6.92 Å². The summed E-state index contributed by atoms with van der Waals surface area (Å²) in [5.41, 5.74) is 4.42. The van der Waals surface area contributed by atoms with Gasteiger partial charge in [0.1, 0.15) is 12.4 Å². The highest BCUT2D eigenvalue weighted by Gasteiger charge is 2.15. The van der Waals surface area contributed by atoms with Gasteiger partial charge in [0.25, 0.3) is 0 Å². The average Bonchev–Trinajstić information content (AvgIpc) is 2.94. The smallest absolute Gasteiger partial charge is 0.240 e. The Morgan fingerprint density at radius 2 is 1.88 bits per heavy atom. The number of aryl methyl sites for hydroxylation is 1. The van der Waals surface area contributed by atoms with Crippen LogP contribution < -0.4 is 5.32 Å². The number of benzene rings is 2. The third-order valence-corrected chi connectivity index (χ3v) is 4.66. The molecule has 0 saturated carbocycles. The van der Waals surface area contributed by atoms with E-state index in [1.165, 1.54) is 11.1 Å². The minimum absolute atomic E-state index is 0.0311. The van der Waals surface area contributed by atoms with E-state index >= 15 is 0 Å². The lowest BCUT2D eigenvalue weighted by molar-refractivity contribution is -0.122. The molecule has 4 nitrogen and oxygen atoms in total. The maximum atomic E-state index is 12.4. The van der Waals surface area contributed by atoms with E-state index in [4.69, 9.17) is 4.98 Å². The van der Waals surface area contributed by atoms with Gasteiger partial charge in [-0.25, -0.2) is 4.98 Å². The molecule has 1 N–H and O–H groups in total. The van der Waals surface area contributed by atoms with Crippen LogP contribution in [0.15, 0.2) is 48.5 Å². The molecule has 4 heteroatoms. The topological polar surface area (TPSA) is 46.9 Å². The number of carbonyl (C=O) groups excluding carboxylic acids is 1. The summed E-state index contributed by atoms with van der Waals surface area (Å²) in [5, 5.41) is 3.05. The minimum Gasteiger partial charge on any atom is -0.352 e. The normalized spacial score (nSPS) is 12.3. The number of carbonyl (C=O) groups is 1. The Hall–Kier alpha value is -2.62. The highest BCUT2D eigenvalue weighted by molar-refractivity contribution is 5.81. The summed E-state index contributed by atoms with van der Waals surface area (Å²) < 4.78 is 2.04. The number of nitrogens with zero attached hydrogens (tertiary/aromatic N) is 2. The molecule has 0 bridgehead atoms. The molecule has 0 fully saturated rings. The van der Waals surface area contributed by atoms with E-state index < -0.39 is 0 Å². The Balaban J connectivity index is 1.95. The fourth-order valence-electron chi connectivity index (χ4n) is 2.98. The lowest BCUT2D eigenvalue weighted by atomic mass is 10.1. The Morgan fingerprint density at radius 1 is 1.16 bits per heavy atom. The Kier molecular flexibility index (Phi) is 5.17. The van der Waals surface area contributed by atoms with E-state index in [2.05, 4.69) is 31.3 Å². The lowest BCUT2D eigenvalue weighted by Crippen LogP contribution is -2.35. The van der Waals surface area contributed by atoms with Gasteiger partial charge in [0.05, 0.1) is 11.0 Å². The summed E-state index contributed by atoms with van der Waals surface area (Å²) in [6.07, 6.45) is 1.64. The molecule has 0 aliphatic carbocycles. The van der Waals surface area contributed by atoms with Crippen LogP contribution in [-0.4, -0.2) is 21.5 Å². The molecule has 1 amide bonds. The molecule has 1 heterocycles.